The number of aromatic hydroxyl groups is 1. The Bertz CT molecular complexity index is 522. The highest BCUT2D eigenvalue weighted by Gasteiger charge is 2.14. The molecule has 0 saturated carbocycles. The van der Waals surface area contributed by atoms with E-state index in [4.69, 9.17) is 9.26 Å². The van der Waals surface area contributed by atoms with E-state index in [9.17, 15) is 10.2 Å². The Morgan fingerprint density at radius 1 is 1.41 bits per heavy atom. The van der Waals surface area contributed by atoms with E-state index in [1.807, 2.05) is 0 Å². The second kappa shape index (κ2) is 4.42. The van der Waals surface area contributed by atoms with E-state index in [0.29, 0.717) is 17.1 Å². The van der Waals surface area contributed by atoms with Crippen molar-refractivity contribution >= 4 is 0 Å². The number of ether oxygens (including phenoxy) is 1. The third kappa shape index (κ3) is 2.21. The van der Waals surface area contributed by atoms with E-state index in [1.165, 1.54) is 20.1 Å². The van der Waals surface area contributed by atoms with Crippen LogP contribution in [0.1, 0.15) is 18.9 Å². The van der Waals surface area contributed by atoms with Crippen LogP contribution in [-0.4, -0.2) is 27.5 Å². The summed E-state index contributed by atoms with van der Waals surface area (Å²) in [6, 6.07) is 4.70. The van der Waals surface area contributed by atoms with Crippen molar-refractivity contribution < 1.29 is 19.5 Å². The van der Waals surface area contributed by atoms with Gasteiger partial charge in [0.25, 0.3) is 5.89 Å². The van der Waals surface area contributed by atoms with Crippen molar-refractivity contribution in [2.75, 3.05) is 7.11 Å². The topological polar surface area (TPSA) is 88.6 Å². The van der Waals surface area contributed by atoms with Crippen molar-refractivity contribution in [2.45, 2.75) is 13.0 Å². The number of nitrogens with zero attached hydrogens (tertiary/aromatic N) is 2. The number of aliphatic hydroxyl groups is 1. The Morgan fingerprint density at radius 3 is 2.76 bits per heavy atom. The van der Waals surface area contributed by atoms with Crippen LogP contribution in [0.3, 0.4) is 0 Å². The van der Waals surface area contributed by atoms with Crippen molar-refractivity contribution in [3.8, 4) is 22.9 Å². The Morgan fingerprint density at radius 2 is 2.18 bits per heavy atom. The highest BCUT2D eigenvalue weighted by atomic mass is 16.5. The molecule has 0 spiro atoms. The van der Waals surface area contributed by atoms with Crippen molar-refractivity contribution in [2.24, 2.45) is 0 Å². The summed E-state index contributed by atoms with van der Waals surface area (Å²) in [5.74, 6) is 0.840. The van der Waals surface area contributed by atoms with Gasteiger partial charge in [-0.15, -0.1) is 0 Å². The third-order valence-corrected chi connectivity index (χ3v) is 2.24. The number of hydrogen-bond acceptors (Lipinski definition) is 6. The molecule has 1 heterocycles. The largest absolute Gasteiger partial charge is 0.504 e. The quantitative estimate of drug-likeness (QED) is 0.839. The summed E-state index contributed by atoms with van der Waals surface area (Å²) in [6.45, 7) is 1.54. The van der Waals surface area contributed by atoms with E-state index in [0.717, 1.165) is 0 Å². The van der Waals surface area contributed by atoms with Crippen LogP contribution in [0.2, 0.25) is 0 Å². The molecule has 0 aliphatic rings. The first-order valence-electron chi connectivity index (χ1n) is 5.01. The van der Waals surface area contributed by atoms with Gasteiger partial charge in [0.05, 0.1) is 7.11 Å². The van der Waals surface area contributed by atoms with E-state index < -0.39 is 6.10 Å². The molecule has 2 rings (SSSR count). The van der Waals surface area contributed by atoms with E-state index in [-0.39, 0.29) is 11.6 Å². The van der Waals surface area contributed by atoms with E-state index in [2.05, 4.69) is 10.1 Å². The lowest BCUT2D eigenvalue weighted by molar-refractivity contribution is 0.152. The van der Waals surface area contributed by atoms with Crippen LogP contribution in [0, 0.1) is 0 Å². The highest BCUT2D eigenvalue weighted by molar-refractivity contribution is 5.60. The standard InChI is InChI=1S/C11H12N2O4/c1-6(14)11-12-10(13-17-11)7-3-4-8(15)9(5-7)16-2/h3-6,14-15H,1-2H3/t6-/m1/s1. The Hall–Kier alpha value is -2.08. The third-order valence-electron chi connectivity index (χ3n) is 2.24. The monoisotopic (exact) mass is 236 g/mol. The molecule has 1 aromatic carbocycles. The predicted molar refractivity (Wildman–Crippen MR) is 58.6 cm³/mol. The number of aliphatic hydroxyl groups excluding tert-OH is 1. The van der Waals surface area contributed by atoms with Gasteiger partial charge in [-0.05, 0) is 25.1 Å². The van der Waals surface area contributed by atoms with Gasteiger partial charge in [0.1, 0.15) is 6.10 Å². The highest BCUT2D eigenvalue weighted by Crippen LogP contribution is 2.30. The number of hydrogen-bond donors (Lipinski definition) is 2. The maximum atomic E-state index is 9.45. The molecule has 0 radical (unpaired) electrons. The molecule has 2 aromatic rings. The lowest BCUT2D eigenvalue weighted by Gasteiger charge is -2.03. The van der Waals surface area contributed by atoms with Crippen LogP contribution in [-0.2, 0) is 0 Å². The van der Waals surface area contributed by atoms with Crippen LogP contribution in [0.5, 0.6) is 11.5 Å². The minimum absolute atomic E-state index is 0.0375. The number of rotatable bonds is 3. The summed E-state index contributed by atoms with van der Waals surface area (Å²) >= 11 is 0. The van der Waals surface area contributed by atoms with Crippen molar-refractivity contribution in [3.63, 3.8) is 0 Å². The van der Waals surface area contributed by atoms with Gasteiger partial charge >= 0.3 is 0 Å². The maximum absolute atomic E-state index is 9.45. The second-order valence-corrected chi connectivity index (χ2v) is 3.52. The minimum atomic E-state index is -0.810. The molecule has 0 fully saturated rings. The fraction of sp³-hybridized carbons (Fsp3) is 0.273. The van der Waals surface area contributed by atoms with Crippen LogP contribution in [0.4, 0.5) is 0 Å². The van der Waals surface area contributed by atoms with Gasteiger partial charge in [-0.1, -0.05) is 5.16 Å². The number of benzene rings is 1. The first-order valence-corrected chi connectivity index (χ1v) is 5.01. The molecule has 0 aliphatic heterocycles. The first-order chi connectivity index (χ1) is 8.11. The van der Waals surface area contributed by atoms with Crippen LogP contribution < -0.4 is 4.74 Å². The smallest absolute Gasteiger partial charge is 0.255 e. The minimum Gasteiger partial charge on any atom is -0.504 e. The molecule has 90 valence electrons. The van der Waals surface area contributed by atoms with Crippen molar-refractivity contribution in [1.29, 1.82) is 0 Å². The average molecular weight is 236 g/mol. The predicted octanol–water partition coefficient (Wildman–Crippen LogP) is 1.50. The molecule has 0 amide bonds. The Labute approximate surface area is 97.5 Å². The zero-order valence-corrected chi connectivity index (χ0v) is 9.41. The van der Waals surface area contributed by atoms with Gasteiger partial charge in [-0.3, -0.25) is 0 Å². The van der Waals surface area contributed by atoms with Crippen molar-refractivity contribution in [1.82, 2.24) is 10.1 Å². The fourth-order valence-corrected chi connectivity index (χ4v) is 1.34. The summed E-state index contributed by atoms with van der Waals surface area (Å²) in [5, 5.41) is 22.4. The zero-order chi connectivity index (χ0) is 12.4. The molecule has 6 nitrogen and oxygen atoms in total. The molecular weight excluding hydrogens is 224 g/mol. The van der Waals surface area contributed by atoms with Crippen LogP contribution >= 0.6 is 0 Å². The molecule has 1 aromatic heterocycles. The summed E-state index contributed by atoms with van der Waals surface area (Å²) in [5.41, 5.74) is 0.635. The van der Waals surface area contributed by atoms with Gasteiger partial charge in [0.2, 0.25) is 5.82 Å². The summed E-state index contributed by atoms with van der Waals surface area (Å²) in [6.07, 6.45) is -0.810. The molecule has 2 N–H and O–H groups in total. The summed E-state index contributed by atoms with van der Waals surface area (Å²) < 4.78 is 9.85. The fourth-order valence-electron chi connectivity index (χ4n) is 1.34. The molecule has 0 unspecified atom stereocenters. The first kappa shape index (κ1) is 11.4. The van der Waals surface area contributed by atoms with Crippen LogP contribution in [0.15, 0.2) is 22.7 Å². The zero-order valence-electron chi connectivity index (χ0n) is 9.41. The second-order valence-electron chi connectivity index (χ2n) is 3.52. The lowest BCUT2D eigenvalue weighted by Crippen LogP contribution is -1.90. The SMILES string of the molecule is COc1cc(-c2noc([C@@H](C)O)n2)ccc1O. The molecule has 17 heavy (non-hydrogen) atoms. The van der Waals surface area contributed by atoms with Gasteiger partial charge in [0, 0.05) is 5.56 Å². The average Bonchev–Trinajstić information content (AvgIpc) is 2.79. The summed E-state index contributed by atoms with van der Waals surface area (Å²) in [4.78, 5) is 4.02. The van der Waals surface area contributed by atoms with Gasteiger partial charge in [-0.2, -0.15) is 4.98 Å². The van der Waals surface area contributed by atoms with Crippen LogP contribution in [0.25, 0.3) is 11.4 Å². The lowest BCUT2D eigenvalue weighted by atomic mass is 10.2. The number of methoxy groups -OCH3 is 1. The molecule has 0 bridgehead atoms. The van der Waals surface area contributed by atoms with Crippen molar-refractivity contribution in [3.05, 3.63) is 24.1 Å². The van der Waals surface area contributed by atoms with Gasteiger partial charge in [0.15, 0.2) is 11.5 Å². The van der Waals surface area contributed by atoms with E-state index >= 15 is 0 Å². The van der Waals surface area contributed by atoms with Gasteiger partial charge in [-0.25, -0.2) is 0 Å². The number of phenolic OH excluding ortho intramolecular Hbond substituents is 1. The number of phenols is 1. The number of aromatic nitrogens is 2. The maximum Gasteiger partial charge on any atom is 0.255 e. The molecule has 1 atom stereocenters. The molecule has 0 aliphatic carbocycles. The molecule has 6 heteroatoms. The Kier molecular flexibility index (Phi) is 2.97. The normalized spacial score (nSPS) is 12.4. The molecule has 0 saturated heterocycles. The summed E-state index contributed by atoms with van der Waals surface area (Å²) in [7, 11) is 1.45. The van der Waals surface area contributed by atoms with Gasteiger partial charge < -0.3 is 19.5 Å². The molecular formula is C11H12N2O4. The van der Waals surface area contributed by atoms with E-state index in [1.54, 1.807) is 12.1 Å². The Balaban J connectivity index is 2.38.